The van der Waals surface area contributed by atoms with Crippen LogP contribution in [0.25, 0.3) is 0 Å². The molecule has 0 fully saturated rings. The summed E-state index contributed by atoms with van der Waals surface area (Å²) in [4.78, 5) is 0. The zero-order valence-electron chi connectivity index (χ0n) is 11.6. The largest absolute Gasteiger partial charge is 0.320 e. The lowest BCUT2D eigenvalue weighted by atomic mass is 10.1. The lowest BCUT2D eigenvalue weighted by Gasteiger charge is -2.20. The Bertz CT molecular complexity index is 640. The van der Waals surface area contributed by atoms with Crippen LogP contribution in [0.2, 0.25) is 0 Å². The number of hydrogen-bond acceptors (Lipinski definition) is 3. The van der Waals surface area contributed by atoms with Gasteiger partial charge in [-0.3, -0.25) is 4.72 Å². The maximum absolute atomic E-state index is 13.5. The molecule has 0 spiro atoms. The lowest BCUT2D eigenvalue weighted by molar-refractivity contribution is 0.494. The first-order valence-electron chi connectivity index (χ1n) is 5.93. The first kappa shape index (κ1) is 16.4. The zero-order valence-corrected chi connectivity index (χ0v) is 12.4. The summed E-state index contributed by atoms with van der Waals surface area (Å²) in [5.74, 6) is 4.53. The highest BCUT2D eigenvalue weighted by Gasteiger charge is 2.19. The van der Waals surface area contributed by atoms with Gasteiger partial charge in [0, 0.05) is 5.54 Å². The molecule has 0 amide bonds. The molecule has 0 atom stereocenters. The molecule has 0 saturated heterocycles. The fourth-order valence-corrected chi connectivity index (χ4v) is 2.71. The third-order valence-corrected chi connectivity index (χ3v) is 3.37. The Morgan fingerprint density at radius 1 is 1.35 bits per heavy atom. The quantitative estimate of drug-likeness (QED) is 0.733. The van der Waals surface area contributed by atoms with Gasteiger partial charge in [-0.05, 0) is 39.0 Å². The van der Waals surface area contributed by atoms with Crippen LogP contribution in [0, 0.1) is 17.7 Å². The second-order valence-corrected chi connectivity index (χ2v) is 6.57. The van der Waals surface area contributed by atoms with Crippen molar-refractivity contribution in [3.8, 4) is 11.8 Å². The molecule has 5 nitrogen and oxygen atoms in total. The fourth-order valence-electron chi connectivity index (χ4n) is 1.41. The number of nitrogens with one attached hydrogen (secondary N) is 2. The van der Waals surface area contributed by atoms with Gasteiger partial charge in [-0.1, -0.05) is 11.8 Å². The van der Waals surface area contributed by atoms with Gasteiger partial charge in [-0.2, -0.15) is 13.1 Å². The molecule has 20 heavy (non-hydrogen) atoms. The van der Waals surface area contributed by atoms with E-state index in [4.69, 9.17) is 5.73 Å². The van der Waals surface area contributed by atoms with Crippen molar-refractivity contribution in [2.45, 2.75) is 26.3 Å². The van der Waals surface area contributed by atoms with Crippen molar-refractivity contribution in [3.63, 3.8) is 0 Å². The van der Waals surface area contributed by atoms with Gasteiger partial charge in [0.2, 0.25) is 0 Å². The van der Waals surface area contributed by atoms with E-state index < -0.39 is 21.6 Å². The Morgan fingerprint density at radius 3 is 2.55 bits per heavy atom. The highest BCUT2D eigenvalue weighted by molar-refractivity contribution is 7.90. The Labute approximate surface area is 118 Å². The van der Waals surface area contributed by atoms with Gasteiger partial charge in [0.15, 0.2) is 0 Å². The summed E-state index contributed by atoms with van der Waals surface area (Å²) in [5.41, 5.74) is 4.92. The van der Waals surface area contributed by atoms with Crippen molar-refractivity contribution < 1.29 is 12.8 Å². The molecular weight excluding hydrogens is 281 g/mol. The van der Waals surface area contributed by atoms with Crippen LogP contribution in [0.5, 0.6) is 0 Å². The molecule has 7 heteroatoms. The smallest absolute Gasteiger partial charge is 0.299 e. The van der Waals surface area contributed by atoms with Crippen molar-refractivity contribution in [2.24, 2.45) is 5.73 Å². The van der Waals surface area contributed by atoms with Crippen molar-refractivity contribution in [2.75, 3.05) is 11.3 Å². The van der Waals surface area contributed by atoms with Crippen LogP contribution < -0.4 is 15.2 Å². The van der Waals surface area contributed by atoms with Crippen molar-refractivity contribution >= 4 is 15.9 Å². The van der Waals surface area contributed by atoms with Crippen LogP contribution in [0.3, 0.4) is 0 Å². The van der Waals surface area contributed by atoms with Crippen LogP contribution in [-0.2, 0) is 10.2 Å². The van der Waals surface area contributed by atoms with E-state index in [-0.39, 0.29) is 17.8 Å². The fraction of sp³-hybridized carbons (Fsp3) is 0.385. The van der Waals surface area contributed by atoms with Gasteiger partial charge in [0.05, 0.1) is 17.8 Å². The average Bonchev–Trinajstić information content (AvgIpc) is 2.26. The average molecular weight is 299 g/mol. The Kier molecular flexibility index (Phi) is 5.11. The summed E-state index contributed by atoms with van der Waals surface area (Å²) < 4.78 is 41.9. The van der Waals surface area contributed by atoms with E-state index in [1.54, 1.807) is 20.8 Å². The maximum atomic E-state index is 13.5. The van der Waals surface area contributed by atoms with Crippen LogP contribution in [0.15, 0.2) is 18.2 Å². The van der Waals surface area contributed by atoms with Crippen LogP contribution in [0.4, 0.5) is 10.1 Å². The minimum Gasteiger partial charge on any atom is -0.320 e. The topological polar surface area (TPSA) is 84.2 Å². The zero-order chi connectivity index (χ0) is 15.4. The molecule has 1 aromatic rings. The highest BCUT2D eigenvalue weighted by atomic mass is 32.2. The Morgan fingerprint density at radius 2 is 2.00 bits per heavy atom. The van der Waals surface area contributed by atoms with E-state index in [0.29, 0.717) is 0 Å². The summed E-state index contributed by atoms with van der Waals surface area (Å²) >= 11 is 0. The molecule has 0 heterocycles. The van der Waals surface area contributed by atoms with Crippen molar-refractivity contribution in [1.29, 1.82) is 0 Å². The first-order chi connectivity index (χ1) is 9.13. The third-order valence-electron chi connectivity index (χ3n) is 1.98. The summed E-state index contributed by atoms with van der Waals surface area (Å²) in [6.07, 6.45) is 0. The molecule has 1 aromatic carbocycles. The van der Waals surface area contributed by atoms with E-state index in [0.717, 1.165) is 6.07 Å². The summed E-state index contributed by atoms with van der Waals surface area (Å²) in [7, 11) is -3.74. The van der Waals surface area contributed by atoms with Crippen LogP contribution >= 0.6 is 0 Å². The number of rotatable bonds is 3. The molecular formula is C13H18FN3O2S. The highest BCUT2D eigenvalue weighted by Crippen LogP contribution is 2.15. The molecule has 0 aromatic heterocycles. The predicted octanol–water partition coefficient (Wildman–Crippen LogP) is 1.18. The molecule has 110 valence electrons. The van der Waals surface area contributed by atoms with E-state index in [1.165, 1.54) is 12.1 Å². The predicted molar refractivity (Wildman–Crippen MR) is 77.8 cm³/mol. The van der Waals surface area contributed by atoms with Gasteiger partial charge in [0.25, 0.3) is 10.2 Å². The Balaban J connectivity index is 2.99. The third kappa shape index (κ3) is 5.57. The maximum Gasteiger partial charge on any atom is 0.299 e. The van der Waals surface area contributed by atoms with E-state index in [1.807, 2.05) is 0 Å². The number of benzene rings is 1. The Hall–Kier alpha value is -1.62. The first-order valence-corrected chi connectivity index (χ1v) is 7.41. The van der Waals surface area contributed by atoms with E-state index >= 15 is 0 Å². The standard InChI is InChI=1S/C13H18FN3O2S/c1-13(2,3)17-20(18,19)16-11-6-7-12(14)10(9-11)5-4-8-15/h6-7,9,16-17H,8,15H2,1-3H3. The molecule has 4 N–H and O–H groups in total. The van der Waals surface area contributed by atoms with Crippen LogP contribution in [0.1, 0.15) is 26.3 Å². The lowest BCUT2D eigenvalue weighted by Crippen LogP contribution is -2.43. The molecule has 0 bridgehead atoms. The number of nitrogens with two attached hydrogens (primary N) is 1. The molecule has 0 saturated carbocycles. The monoisotopic (exact) mass is 299 g/mol. The summed E-state index contributed by atoms with van der Waals surface area (Å²) in [6, 6.07) is 3.79. The van der Waals surface area contributed by atoms with Gasteiger partial charge in [0.1, 0.15) is 5.82 Å². The second-order valence-electron chi connectivity index (χ2n) is 5.16. The molecule has 0 aliphatic carbocycles. The normalized spacial score (nSPS) is 11.7. The summed E-state index contributed by atoms with van der Waals surface area (Å²) in [5, 5.41) is 0. The van der Waals surface area contributed by atoms with Gasteiger partial charge < -0.3 is 5.73 Å². The molecule has 0 aliphatic heterocycles. The van der Waals surface area contributed by atoms with Crippen LogP contribution in [-0.4, -0.2) is 20.5 Å². The van der Waals surface area contributed by atoms with Gasteiger partial charge in [-0.15, -0.1) is 0 Å². The second kappa shape index (κ2) is 6.22. The number of halogens is 1. The van der Waals surface area contributed by atoms with Gasteiger partial charge in [-0.25, -0.2) is 4.39 Å². The minimum absolute atomic E-state index is 0.0893. The molecule has 0 aliphatic rings. The van der Waals surface area contributed by atoms with Crippen molar-refractivity contribution in [1.82, 2.24) is 4.72 Å². The molecule has 1 rings (SSSR count). The number of anilines is 1. The van der Waals surface area contributed by atoms with E-state index in [2.05, 4.69) is 21.3 Å². The number of hydrogen-bond donors (Lipinski definition) is 3. The summed E-state index contributed by atoms with van der Waals surface area (Å²) in [6.45, 7) is 5.25. The minimum atomic E-state index is -3.74. The molecule has 0 radical (unpaired) electrons. The van der Waals surface area contributed by atoms with E-state index in [9.17, 15) is 12.8 Å². The SMILES string of the molecule is CC(C)(C)NS(=O)(=O)Nc1ccc(F)c(C#CCN)c1. The molecule has 0 unspecified atom stereocenters. The van der Waals surface area contributed by atoms with Gasteiger partial charge >= 0.3 is 0 Å². The van der Waals surface area contributed by atoms with Crippen molar-refractivity contribution in [3.05, 3.63) is 29.6 Å².